The molecule has 2 rings (SSSR count). The van der Waals surface area contributed by atoms with Crippen LogP contribution in [-0.4, -0.2) is 33.9 Å². The lowest BCUT2D eigenvalue weighted by molar-refractivity contribution is 0.0787. The maximum absolute atomic E-state index is 11.9. The van der Waals surface area contributed by atoms with Crippen LogP contribution in [0.3, 0.4) is 0 Å². The van der Waals surface area contributed by atoms with E-state index in [-0.39, 0.29) is 5.91 Å². The summed E-state index contributed by atoms with van der Waals surface area (Å²) < 4.78 is 0. The third-order valence-corrected chi connectivity index (χ3v) is 2.90. The first-order valence-electron chi connectivity index (χ1n) is 5.23. The van der Waals surface area contributed by atoms with Crippen LogP contribution in [0, 0.1) is 0 Å². The van der Waals surface area contributed by atoms with Crippen LogP contribution in [0.25, 0.3) is 0 Å². The standard InChI is InChI=1S/C11H13N3OS/c12-10(16)8-3-4-9(13-7-8)11(15)14-5-1-2-6-14/h3-4,7H,1-2,5-6H2,(H2,12,16). The number of carbonyl (C=O) groups excluding carboxylic acids is 1. The van der Waals surface area contributed by atoms with Gasteiger partial charge in [0, 0.05) is 24.8 Å². The molecule has 0 bridgehead atoms. The summed E-state index contributed by atoms with van der Waals surface area (Å²) in [7, 11) is 0. The molecule has 1 aliphatic heterocycles. The van der Waals surface area contributed by atoms with Gasteiger partial charge in [-0.2, -0.15) is 0 Å². The maximum Gasteiger partial charge on any atom is 0.272 e. The lowest BCUT2D eigenvalue weighted by Gasteiger charge is -2.14. The molecule has 1 saturated heterocycles. The fraction of sp³-hybridized carbons (Fsp3) is 0.364. The highest BCUT2D eigenvalue weighted by Gasteiger charge is 2.20. The molecular weight excluding hydrogens is 222 g/mol. The smallest absolute Gasteiger partial charge is 0.272 e. The van der Waals surface area contributed by atoms with E-state index in [2.05, 4.69) is 4.98 Å². The van der Waals surface area contributed by atoms with E-state index in [9.17, 15) is 4.79 Å². The normalized spacial score (nSPS) is 15.1. The van der Waals surface area contributed by atoms with Gasteiger partial charge in [0.25, 0.3) is 5.91 Å². The van der Waals surface area contributed by atoms with Crippen molar-refractivity contribution in [3.05, 3.63) is 29.6 Å². The fourth-order valence-corrected chi connectivity index (χ4v) is 1.87. The Balaban J connectivity index is 2.14. The minimum atomic E-state index is -0.00742. The molecule has 1 aromatic rings. The first kappa shape index (κ1) is 11.0. The molecule has 4 nitrogen and oxygen atoms in total. The third-order valence-electron chi connectivity index (χ3n) is 2.66. The van der Waals surface area contributed by atoms with Crippen LogP contribution in [0.5, 0.6) is 0 Å². The predicted molar refractivity (Wildman–Crippen MR) is 65.3 cm³/mol. The summed E-state index contributed by atoms with van der Waals surface area (Å²) in [5.41, 5.74) is 6.61. The number of amides is 1. The number of nitrogens with two attached hydrogens (primary N) is 1. The van der Waals surface area contributed by atoms with Crippen molar-refractivity contribution in [2.45, 2.75) is 12.8 Å². The molecule has 1 aromatic heterocycles. The maximum atomic E-state index is 11.9. The Hall–Kier alpha value is -1.49. The molecule has 2 N–H and O–H groups in total. The molecule has 0 saturated carbocycles. The molecule has 0 radical (unpaired) electrons. The molecule has 1 amide bonds. The molecule has 5 heteroatoms. The Labute approximate surface area is 99.5 Å². The minimum absolute atomic E-state index is 0.00742. The van der Waals surface area contributed by atoms with Crippen molar-refractivity contribution in [1.29, 1.82) is 0 Å². The van der Waals surface area contributed by atoms with Crippen molar-refractivity contribution in [3.63, 3.8) is 0 Å². The number of nitrogens with zero attached hydrogens (tertiary/aromatic N) is 2. The Kier molecular flexibility index (Phi) is 3.14. The van der Waals surface area contributed by atoms with Gasteiger partial charge in [0.2, 0.25) is 0 Å². The van der Waals surface area contributed by atoms with E-state index >= 15 is 0 Å². The molecule has 2 heterocycles. The van der Waals surface area contributed by atoms with Gasteiger partial charge in [-0.25, -0.2) is 0 Å². The average molecular weight is 235 g/mol. The summed E-state index contributed by atoms with van der Waals surface area (Å²) in [5, 5.41) is 0. The van der Waals surface area contributed by atoms with Gasteiger partial charge in [0.15, 0.2) is 0 Å². The van der Waals surface area contributed by atoms with E-state index in [4.69, 9.17) is 18.0 Å². The first-order valence-corrected chi connectivity index (χ1v) is 5.64. The predicted octanol–water partition coefficient (Wildman–Crippen LogP) is 0.952. The fourth-order valence-electron chi connectivity index (χ4n) is 1.75. The molecule has 1 fully saturated rings. The molecule has 0 aromatic carbocycles. The Morgan fingerprint density at radius 2 is 2.06 bits per heavy atom. The van der Waals surface area contributed by atoms with E-state index < -0.39 is 0 Å². The van der Waals surface area contributed by atoms with Crippen LogP contribution in [0.1, 0.15) is 28.9 Å². The Morgan fingerprint density at radius 1 is 1.38 bits per heavy atom. The number of pyridine rings is 1. The monoisotopic (exact) mass is 235 g/mol. The van der Waals surface area contributed by atoms with Gasteiger partial charge in [0.05, 0.1) is 0 Å². The van der Waals surface area contributed by atoms with Gasteiger partial charge < -0.3 is 10.6 Å². The zero-order chi connectivity index (χ0) is 11.5. The summed E-state index contributed by atoms with van der Waals surface area (Å²) in [4.78, 5) is 18.1. The summed E-state index contributed by atoms with van der Waals surface area (Å²) in [6.45, 7) is 1.66. The number of rotatable bonds is 2. The molecular formula is C11H13N3OS. The topological polar surface area (TPSA) is 59.2 Å². The zero-order valence-electron chi connectivity index (χ0n) is 8.85. The average Bonchev–Trinajstić information content (AvgIpc) is 2.81. The van der Waals surface area contributed by atoms with Crippen molar-refractivity contribution < 1.29 is 4.79 Å². The zero-order valence-corrected chi connectivity index (χ0v) is 9.67. The summed E-state index contributed by atoms with van der Waals surface area (Å²) in [6.07, 6.45) is 3.71. The highest BCUT2D eigenvalue weighted by molar-refractivity contribution is 7.80. The van der Waals surface area contributed by atoms with Crippen LogP contribution in [0.4, 0.5) is 0 Å². The number of thiocarbonyl (C=S) groups is 1. The third kappa shape index (κ3) is 2.19. The lowest BCUT2D eigenvalue weighted by Crippen LogP contribution is -2.28. The van der Waals surface area contributed by atoms with E-state index in [0.29, 0.717) is 16.2 Å². The van der Waals surface area contributed by atoms with Crippen molar-refractivity contribution >= 4 is 23.1 Å². The second-order valence-corrected chi connectivity index (χ2v) is 4.24. The van der Waals surface area contributed by atoms with Crippen LogP contribution >= 0.6 is 12.2 Å². The van der Waals surface area contributed by atoms with Crippen molar-refractivity contribution in [2.75, 3.05) is 13.1 Å². The van der Waals surface area contributed by atoms with E-state index in [1.165, 1.54) is 0 Å². The molecule has 0 aliphatic carbocycles. The summed E-state index contributed by atoms with van der Waals surface area (Å²) in [6, 6.07) is 3.41. The van der Waals surface area contributed by atoms with Crippen molar-refractivity contribution in [3.8, 4) is 0 Å². The molecule has 0 spiro atoms. The Morgan fingerprint density at radius 3 is 2.56 bits per heavy atom. The van der Waals surface area contributed by atoms with Crippen molar-refractivity contribution in [1.82, 2.24) is 9.88 Å². The van der Waals surface area contributed by atoms with Gasteiger partial charge in [-0.1, -0.05) is 12.2 Å². The number of aromatic nitrogens is 1. The SMILES string of the molecule is NC(=S)c1ccc(C(=O)N2CCCC2)nc1. The molecule has 84 valence electrons. The highest BCUT2D eigenvalue weighted by Crippen LogP contribution is 2.11. The number of likely N-dealkylation sites (tertiary alicyclic amines) is 1. The second kappa shape index (κ2) is 4.57. The van der Waals surface area contributed by atoms with Crippen LogP contribution in [0.2, 0.25) is 0 Å². The van der Waals surface area contributed by atoms with Gasteiger partial charge in [0.1, 0.15) is 10.7 Å². The lowest BCUT2D eigenvalue weighted by atomic mass is 10.2. The van der Waals surface area contributed by atoms with Gasteiger partial charge >= 0.3 is 0 Å². The molecule has 16 heavy (non-hydrogen) atoms. The largest absolute Gasteiger partial charge is 0.389 e. The number of hydrogen-bond acceptors (Lipinski definition) is 3. The molecule has 0 unspecified atom stereocenters. The van der Waals surface area contributed by atoms with Crippen LogP contribution in [0.15, 0.2) is 18.3 Å². The summed E-state index contributed by atoms with van der Waals surface area (Å²) in [5.74, 6) is -0.00742. The van der Waals surface area contributed by atoms with E-state index in [1.54, 1.807) is 18.3 Å². The van der Waals surface area contributed by atoms with Gasteiger partial charge in [-0.05, 0) is 25.0 Å². The minimum Gasteiger partial charge on any atom is -0.389 e. The molecule has 1 aliphatic rings. The number of hydrogen-bond donors (Lipinski definition) is 1. The van der Waals surface area contributed by atoms with E-state index in [1.807, 2.05) is 4.90 Å². The second-order valence-electron chi connectivity index (χ2n) is 3.80. The van der Waals surface area contributed by atoms with Gasteiger partial charge in [-0.15, -0.1) is 0 Å². The van der Waals surface area contributed by atoms with Crippen LogP contribution in [-0.2, 0) is 0 Å². The Bertz CT molecular complexity index is 410. The highest BCUT2D eigenvalue weighted by atomic mass is 32.1. The van der Waals surface area contributed by atoms with Crippen LogP contribution < -0.4 is 5.73 Å². The molecule has 0 atom stereocenters. The number of carbonyl (C=O) groups is 1. The summed E-state index contributed by atoms with van der Waals surface area (Å²) >= 11 is 4.82. The van der Waals surface area contributed by atoms with Gasteiger partial charge in [-0.3, -0.25) is 9.78 Å². The van der Waals surface area contributed by atoms with E-state index in [0.717, 1.165) is 25.9 Å². The first-order chi connectivity index (χ1) is 7.68. The van der Waals surface area contributed by atoms with Crippen molar-refractivity contribution in [2.24, 2.45) is 5.73 Å². The quantitative estimate of drug-likeness (QED) is 0.775.